The molecule has 27 heavy (non-hydrogen) atoms. The Labute approximate surface area is 153 Å². The standard InChI is InChI=1S/C15H16N10O2/c16-23-18-8-10-5-11(7-12(6-10)21-24-17)15(26)20-14-9-19-25(22-14)13-1-3-27-4-2-13/h5-7,9,13H,1-4,8H2,(H,20,22,26). The first-order chi connectivity index (χ1) is 13.2. The molecule has 1 aliphatic heterocycles. The largest absolute Gasteiger partial charge is 0.381 e. The maximum atomic E-state index is 12.5. The number of aromatic nitrogens is 3. The van der Waals surface area contributed by atoms with Gasteiger partial charge in [0.2, 0.25) is 0 Å². The number of rotatable bonds is 6. The monoisotopic (exact) mass is 368 g/mol. The molecular weight excluding hydrogens is 352 g/mol. The summed E-state index contributed by atoms with van der Waals surface area (Å²) < 4.78 is 5.32. The first kappa shape index (κ1) is 18.2. The van der Waals surface area contributed by atoms with Gasteiger partial charge in [-0.1, -0.05) is 10.2 Å². The summed E-state index contributed by atoms with van der Waals surface area (Å²) in [4.78, 5) is 19.5. The average molecular weight is 368 g/mol. The van der Waals surface area contributed by atoms with Crippen molar-refractivity contribution in [2.45, 2.75) is 25.4 Å². The van der Waals surface area contributed by atoms with E-state index in [0.29, 0.717) is 24.6 Å². The van der Waals surface area contributed by atoms with E-state index in [1.807, 2.05) is 0 Å². The molecular formula is C15H16N10O2. The SMILES string of the molecule is [N-]=[N+]=NCc1cc(N=[N+]=[N-])cc(C(=O)Nc2cnn(C3CCOCC3)n2)c1. The summed E-state index contributed by atoms with van der Waals surface area (Å²) in [7, 11) is 0. The van der Waals surface area contributed by atoms with Gasteiger partial charge in [0.25, 0.3) is 5.91 Å². The lowest BCUT2D eigenvalue weighted by molar-refractivity contribution is 0.0621. The minimum Gasteiger partial charge on any atom is -0.381 e. The Morgan fingerprint density at radius 2 is 2.11 bits per heavy atom. The van der Waals surface area contributed by atoms with Crippen LogP contribution in [0.5, 0.6) is 0 Å². The molecule has 12 heteroatoms. The second kappa shape index (κ2) is 8.68. The van der Waals surface area contributed by atoms with Crippen molar-refractivity contribution < 1.29 is 9.53 Å². The Hall–Kier alpha value is -3.59. The minimum absolute atomic E-state index is 0.0332. The van der Waals surface area contributed by atoms with Crippen molar-refractivity contribution in [2.24, 2.45) is 10.2 Å². The van der Waals surface area contributed by atoms with Crippen LogP contribution in [-0.4, -0.2) is 34.1 Å². The maximum Gasteiger partial charge on any atom is 0.256 e. The molecule has 0 atom stereocenters. The molecule has 1 saturated heterocycles. The molecule has 1 N–H and O–H groups in total. The van der Waals surface area contributed by atoms with Crippen LogP contribution in [0.15, 0.2) is 34.6 Å². The fraction of sp³-hybridized carbons (Fsp3) is 0.400. The Kier molecular flexibility index (Phi) is 5.85. The highest BCUT2D eigenvalue weighted by Crippen LogP contribution is 2.21. The van der Waals surface area contributed by atoms with E-state index >= 15 is 0 Å². The number of nitrogens with zero attached hydrogens (tertiary/aromatic N) is 9. The lowest BCUT2D eigenvalue weighted by Gasteiger charge is -2.20. The molecule has 0 radical (unpaired) electrons. The molecule has 1 aromatic carbocycles. The molecule has 138 valence electrons. The van der Waals surface area contributed by atoms with Crippen molar-refractivity contribution in [3.63, 3.8) is 0 Å². The van der Waals surface area contributed by atoms with Crippen LogP contribution in [0.3, 0.4) is 0 Å². The number of carbonyl (C=O) groups is 1. The zero-order chi connectivity index (χ0) is 19.1. The van der Waals surface area contributed by atoms with Gasteiger partial charge in [-0.25, -0.2) is 0 Å². The summed E-state index contributed by atoms with van der Waals surface area (Å²) >= 11 is 0. The summed E-state index contributed by atoms with van der Waals surface area (Å²) in [6.45, 7) is 1.35. The molecule has 1 fully saturated rings. The Morgan fingerprint density at radius 1 is 1.30 bits per heavy atom. The Balaban J connectivity index is 1.77. The molecule has 0 saturated carbocycles. The van der Waals surface area contributed by atoms with Crippen LogP contribution < -0.4 is 5.32 Å². The van der Waals surface area contributed by atoms with E-state index < -0.39 is 5.91 Å². The van der Waals surface area contributed by atoms with Gasteiger partial charge >= 0.3 is 0 Å². The van der Waals surface area contributed by atoms with Gasteiger partial charge in [-0.2, -0.15) is 9.90 Å². The number of nitrogens with one attached hydrogen (secondary N) is 1. The molecule has 0 spiro atoms. The van der Waals surface area contributed by atoms with E-state index in [9.17, 15) is 4.79 Å². The van der Waals surface area contributed by atoms with Crippen LogP contribution in [0, 0.1) is 0 Å². The van der Waals surface area contributed by atoms with Crippen molar-refractivity contribution in [3.05, 3.63) is 56.4 Å². The number of hydrogen-bond donors (Lipinski definition) is 1. The predicted molar refractivity (Wildman–Crippen MR) is 95.2 cm³/mol. The fourth-order valence-corrected chi connectivity index (χ4v) is 2.73. The second-order valence-corrected chi connectivity index (χ2v) is 5.81. The lowest BCUT2D eigenvalue weighted by atomic mass is 10.1. The van der Waals surface area contributed by atoms with E-state index in [1.165, 1.54) is 12.3 Å². The van der Waals surface area contributed by atoms with Gasteiger partial charge in [0.15, 0.2) is 5.82 Å². The minimum atomic E-state index is -0.439. The lowest BCUT2D eigenvalue weighted by Crippen LogP contribution is -2.21. The number of benzene rings is 1. The van der Waals surface area contributed by atoms with Crippen molar-refractivity contribution in [1.82, 2.24) is 15.0 Å². The molecule has 0 aliphatic carbocycles. The van der Waals surface area contributed by atoms with Crippen molar-refractivity contribution in [1.29, 1.82) is 0 Å². The van der Waals surface area contributed by atoms with Crippen molar-refractivity contribution in [3.8, 4) is 0 Å². The van der Waals surface area contributed by atoms with Crippen LogP contribution >= 0.6 is 0 Å². The van der Waals surface area contributed by atoms with Crippen LogP contribution in [0.1, 0.15) is 34.8 Å². The number of amides is 1. The summed E-state index contributed by atoms with van der Waals surface area (Å²) in [6, 6.07) is 4.70. The first-order valence-corrected chi connectivity index (χ1v) is 8.20. The average Bonchev–Trinajstić information content (AvgIpc) is 3.15. The van der Waals surface area contributed by atoms with Gasteiger partial charge < -0.3 is 10.1 Å². The fourth-order valence-electron chi connectivity index (χ4n) is 2.73. The topological polar surface area (TPSA) is 167 Å². The number of carbonyl (C=O) groups excluding carboxylic acids is 1. The molecule has 1 aliphatic rings. The number of hydrogen-bond acceptors (Lipinski definition) is 6. The van der Waals surface area contributed by atoms with E-state index in [-0.39, 0.29) is 23.8 Å². The highest BCUT2D eigenvalue weighted by atomic mass is 16.5. The van der Waals surface area contributed by atoms with Gasteiger partial charge in [-0.3, -0.25) is 4.79 Å². The molecule has 3 rings (SSSR count). The molecule has 1 aromatic heterocycles. The molecule has 0 unspecified atom stereocenters. The van der Waals surface area contributed by atoms with E-state index in [1.54, 1.807) is 16.9 Å². The third-order valence-electron chi connectivity index (χ3n) is 3.98. The molecule has 1 amide bonds. The van der Waals surface area contributed by atoms with Gasteiger partial charge in [0.05, 0.1) is 18.8 Å². The third kappa shape index (κ3) is 4.73. The van der Waals surface area contributed by atoms with Crippen molar-refractivity contribution >= 4 is 17.4 Å². The normalized spacial score (nSPS) is 14.1. The van der Waals surface area contributed by atoms with E-state index in [4.69, 9.17) is 15.8 Å². The van der Waals surface area contributed by atoms with Crippen LogP contribution in [0.4, 0.5) is 11.5 Å². The van der Waals surface area contributed by atoms with Gasteiger partial charge in [0, 0.05) is 34.3 Å². The molecule has 2 heterocycles. The summed E-state index contributed by atoms with van der Waals surface area (Å²) in [5, 5.41) is 18.1. The molecule has 2 aromatic rings. The third-order valence-corrected chi connectivity index (χ3v) is 3.98. The van der Waals surface area contributed by atoms with Gasteiger partial charge in [0.1, 0.15) is 0 Å². The van der Waals surface area contributed by atoms with Crippen molar-refractivity contribution in [2.75, 3.05) is 18.5 Å². The van der Waals surface area contributed by atoms with Crippen LogP contribution in [-0.2, 0) is 11.3 Å². The quantitative estimate of drug-likeness (QED) is 0.467. The van der Waals surface area contributed by atoms with Gasteiger partial charge in [-0.15, -0.1) is 5.10 Å². The molecule has 12 nitrogen and oxygen atoms in total. The number of anilines is 1. The zero-order valence-electron chi connectivity index (χ0n) is 14.3. The predicted octanol–water partition coefficient (Wildman–Crippen LogP) is 3.63. The van der Waals surface area contributed by atoms with E-state index in [2.05, 4.69) is 35.6 Å². The van der Waals surface area contributed by atoms with Crippen LogP contribution in [0.25, 0.3) is 20.9 Å². The number of ether oxygens (including phenoxy) is 1. The Bertz CT molecular complexity index is 920. The first-order valence-electron chi connectivity index (χ1n) is 8.20. The highest BCUT2D eigenvalue weighted by Gasteiger charge is 2.18. The highest BCUT2D eigenvalue weighted by molar-refractivity contribution is 6.04. The summed E-state index contributed by atoms with van der Waals surface area (Å²) in [5.74, 6) is -0.122. The smallest absolute Gasteiger partial charge is 0.256 e. The number of azide groups is 2. The zero-order valence-corrected chi connectivity index (χ0v) is 14.3. The van der Waals surface area contributed by atoms with E-state index in [0.717, 1.165) is 12.8 Å². The van der Waals surface area contributed by atoms with Gasteiger partial charge in [-0.05, 0) is 47.7 Å². The van der Waals surface area contributed by atoms with Crippen LogP contribution in [0.2, 0.25) is 0 Å². The summed E-state index contributed by atoms with van der Waals surface area (Å²) in [5.41, 5.74) is 18.1. The Morgan fingerprint density at radius 3 is 2.85 bits per heavy atom. The maximum absolute atomic E-state index is 12.5. The summed E-state index contributed by atoms with van der Waals surface area (Å²) in [6.07, 6.45) is 3.11. The molecule has 0 bridgehead atoms. The second-order valence-electron chi connectivity index (χ2n) is 5.81.